The van der Waals surface area contributed by atoms with Gasteiger partial charge in [0, 0.05) is 25.4 Å². The fourth-order valence-electron chi connectivity index (χ4n) is 3.95. The van der Waals surface area contributed by atoms with E-state index in [4.69, 9.17) is 29.5 Å². The van der Waals surface area contributed by atoms with Crippen LogP contribution in [0.3, 0.4) is 0 Å². The normalized spacial score (nSPS) is 20.1. The largest absolute Gasteiger partial charge is 0.496 e. The third-order valence-corrected chi connectivity index (χ3v) is 6.62. The second-order valence-corrected chi connectivity index (χ2v) is 9.52. The number of carbonyl (C=O) groups is 1. The van der Waals surface area contributed by atoms with Crippen LogP contribution in [-0.4, -0.2) is 65.7 Å². The standard InChI is InChI=1S/C23H30ClF3N4O4.O2S/c1-5-31-20(15-11-28-17(10-16(15)34-4)35-14(3)23(25,26)27)18(24)19(30-31)21(32)29-12-22(33)8-6-13(2)7-9-22;1-3-2/h10-11,13-14,33H,5-9,12H2,1-4H3,(H,29,32);/t13?,14-,22?;/m1./s1. The first-order valence-corrected chi connectivity index (χ1v) is 12.8. The molecule has 3 rings (SSSR count). The van der Waals surface area contributed by atoms with Crippen molar-refractivity contribution in [1.82, 2.24) is 20.1 Å². The molecule has 0 bridgehead atoms. The second-order valence-electron chi connectivity index (χ2n) is 9.01. The highest BCUT2D eigenvalue weighted by Crippen LogP contribution is 2.38. The summed E-state index contributed by atoms with van der Waals surface area (Å²) >= 11 is 5.81. The summed E-state index contributed by atoms with van der Waals surface area (Å²) in [7, 11) is 1.34. The molecule has 2 aromatic rings. The number of methoxy groups -OCH3 is 1. The highest BCUT2D eigenvalue weighted by Gasteiger charge is 2.38. The van der Waals surface area contributed by atoms with Crippen LogP contribution in [0.15, 0.2) is 12.3 Å². The zero-order valence-corrected chi connectivity index (χ0v) is 22.9. The lowest BCUT2D eigenvalue weighted by Gasteiger charge is -2.34. The van der Waals surface area contributed by atoms with E-state index in [1.165, 1.54) is 24.1 Å². The number of aromatic nitrogens is 3. The molecule has 0 radical (unpaired) electrons. The van der Waals surface area contributed by atoms with Gasteiger partial charge in [0.15, 0.2) is 11.8 Å². The van der Waals surface area contributed by atoms with Crippen molar-refractivity contribution in [2.45, 2.75) is 70.9 Å². The molecule has 0 saturated heterocycles. The monoisotopic (exact) mass is 582 g/mol. The third-order valence-electron chi connectivity index (χ3n) is 6.27. The molecule has 1 aliphatic rings. The summed E-state index contributed by atoms with van der Waals surface area (Å²) in [6.07, 6.45) is -2.38. The lowest BCUT2D eigenvalue weighted by molar-refractivity contribution is -0.190. The van der Waals surface area contributed by atoms with Crippen molar-refractivity contribution in [3.05, 3.63) is 23.0 Å². The number of nitrogens with zero attached hydrogens (tertiary/aromatic N) is 3. The summed E-state index contributed by atoms with van der Waals surface area (Å²) in [6, 6.07) is 1.22. The highest BCUT2D eigenvalue weighted by atomic mass is 35.5. The fraction of sp³-hybridized carbons (Fsp3) is 0.609. The van der Waals surface area contributed by atoms with E-state index in [0.717, 1.165) is 19.8 Å². The number of ether oxygens (including phenoxy) is 2. The van der Waals surface area contributed by atoms with Crippen LogP contribution in [0.4, 0.5) is 13.2 Å². The second kappa shape index (κ2) is 13.4. The average Bonchev–Trinajstić information content (AvgIpc) is 3.20. The van der Waals surface area contributed by atoms with Crippen molar-refractivity contribution in [2.75, 3.05) is 13.7 Å². The van der Waals surface area contributed by atoms with Crippen LogP contribution in [0.25, 0.3) is 11.3 Å². The van der Waals surface area contributed by atoms with Gasteiger partial charge in [-0.1, -0.05) is 18.5 Å². The molecular weight excluding hydrogens is 553 g/mol. The number of amides is 1. The molecule has 0 aromatic carbocycles. The molecular formula is C23H30ClF3N4O6S. The van der Waals surface area contributed by atoms with Gasteiger partial charge in [-0.3, -0.25) is 9.48 Å². The summed E-state index contributed by atoms with van der Waals surface area (Å²) in [4.78, 5) is 16.9. The van der Waals surface area contributed by atoms with Crippen LogP contribution < -0.4 is 14.8 Å². The van der Waals surface area contributed by atoms with E-state index in [2.05, 4.69) is 22.3 Å². The Morgan fingerprint density at radius 1 is 1.37 bits per heavy atom. The van der Waals surface area contributed by atoms with Crippen LogP contribution in [-0.2, 0) is 18.1 Å². The Kier molecular flexibility index (Phi) is 11.1. The average molecular weight is 583 g/mol. The van der Waals surface area contributed by atoms with Gasteiger partial charge in [-0.25, -0.2) is 4.98 Å². The van der Waals surface area contributed by atoms with Crippen molar-refractivity contribution in [3.8, 4) is 22.9 Å². The molecule has 0 spiro atoms. The fourth-order valence-corrected chi connectivity index (χ4v) is 4.28. The van der Waals surface area contributed by atoms with E-state index in [1.807, 2.05) is 0 Å². The Bertz CT molecular complexity index is 1150. The first-order valence-electron chi connectivity index (χ1n) is 11.8. The molecule has 10 nitrogen and oxygen atoms in total. The Balaban J connectivity index is 0.00000161. The molecule has 1 atom stereocenters. The quantitative estimate of drug-likeness (QED) is 0.478. The van der Waals surface area contributed by atoms with Crippen LogP contribution in [0.5, 0.6) is 11.6 Å². The Labute approximate surface area is 226 Å². The predicted molar refractivity (Wildman–Crippen MR) is 133 cm³/mol. The Morgan fingerprint density at radius 2 is 1.97 bits per heavy atom. The molecule has 1 aliphatic carbocycles. The Morgan fingerprint density at radius 3 is 2.50 bits per heavy atom. The summed E-state index contributed by atoms with van der Waals surface area (Å²) in [6.45, 7) is 5.23. The number of hydrogen-bond acceptors (Lipinski definition) is 8. The van der Waals surface area contributed by atoms with Crippen LogP contribution in [0.1, 0.15) is 56.9 Å². The number of hydrogen-bond donors (Lipinski definition) is 2. The van der Waals surface area contributed by atoms with E-state index in [-0.39, 0.29) is 28.9 Å². The highest BCUT2D eigenvalue weighted by molar-refractivity contribution is 7.51. The van der Waals surface area contributed by atoms with Crippen molar-refractivity contribution in [3.63, 3.8) is 0 Å². The molecule has 2 N–H and O–H groups in total. The van der Waals surface area contributed by atoms with Crippen molar-refractivity contribution in [1.29, 1.82) is 0 Å². The van der Waals surface area contributed by atoms with E-state index in [1.54, 1.807) is 6.92 Å². The van der Waals surface area contributed by atoms with Gasteiger partial charge in [0.2, 0.25) is 5.88 Å². The van der Waals surface area contributed by atoms with Crippen LogP contribution in [0.2, 0.25) is 5.02 Å². The first kappa shape index (κ1) is 31.5. The SMILES string of the molecule is CCn1nc(C(=O)NCC2(O)CCC(C)CC2)c(Cl)c1-c1cnc(O[C@H](C)C(F)(F)F)cc1OC.O=S=O. The van der Waals surface area contributed by atoms with Gasteiger partial charge in [-0.15, -0.1) is 0 Å². The number of alkyl halides is 3. The number of nitrogens with one attached hydrogen (secondary N) is 1. The molecule has 38 heavy (non-hydrogen) atoms. The molecule has 2 heterocycles. The van der Waals surface area contributed by atoms with Gasteiger partial charge in [-0.05, 0) is 45.4 Å². The molecule has 1 amide bonds. The molecule has 1 saturated carbocycles. The van der Waals surface area contributed by atoms with Crippen molar-refractivity contribution >= 4 is 29.1 Å². The molecule has 0 aliphatic heterocycles. The lowest BCUT2D eigenvalue weighted by Crippen LogP contribution is -2.45. The molecule has 1 fully saturated rings. The first-order chi connectivity index (χ1) is 17.8. The number of rotatable bonds is 8. The number of carbonyl (C=O) groups excluding carboxylic acids is 1. The van der Waals surface area contributed by atoms with Crippen molar-refractivity contribution in [2.24, 2.45) is 5.92 Å². The van der Waals surface area contributed by atoms with Gasteiger partial charge in [0.05, 0.1) is 29.0 Å². The zero-order valence-electron chi connectivity index (χ0n) is 21.3. The predicted octanol–water partition coefficient (Wildman–Crippen LogP) is 3.96. The van der Waals surface area contributed by atoms with Gasteiger partial charge in [0.25, 0.3) is 5.91 Å². The lowest BCUT2D eigenvalue weighted by atomic mass is 9.79. The smallest absolute Gasteiger partial charge is 0.425 e. The van der Waals surface area contributed by atoms with E-state index in [9.17, 15) is 23.1 Å². The van der Waals surface area contributed by atoms with E-state index >= 15 is 0 Å². The summed E-state index contributed by atoms with van der Waals surface area (Å²) < 4.78 is 66.8. The summed E-state index contributed by atoms with van der Waals surface area (Å²) in [5.41, 5.74) is -0.354. The van der Waals surface area contributed by atoms with E-state index < -0.39 is 35.4 Å². The minimum atomic E-state index is -4.55. The van der Waals surface area contributed by atoms with Crippen LogP contribution >= 0.6 is 11.6 Å². The minimum absolute atomic E-state index is 0.0334. The maximum atomic E-state index is 12.9. The molecule has 0 unspecified atom stereocenters. The van der Waals surface area contributed by atoms with Crippen LogP contribution in [0, 0.1) is 5.92 Å². The minimum Gasteiger partial charge on any atom is -0.496 e. The number of pyridine rings is 1. The van der Waals surface area contributed by atoms with Gasteiger partial charge >= 0.3 is 17.7 Å². The van der Waals surface area contributed by atoms with Gasteiger partial charge in [0.1, 0.15) is 5.75 Å². The molecule has 15 heteroatoms. The number of halogens is 4. The number of aryl methyl sites for hydroxylation is 1. The maximum Gasteiger partial charge on any atom is 0.425 e. The summed E-state index contributed by atoms with van der Waals surface area (Å²) in [5.74, 6) is -0.123. The summed E-state index contributed by atoms with van der Waals surface area (Å²) in [5, 5.41) is 17.8. The zero-order chi connectivity index (χ0) is 28.7. The molecule has 212 valence electrons. The van der Waals surface area contributed by atoms with Gasteiger partial charge in [-0.2, -0.15) is 26.7 Å². The maximum absolute atomic E-state index is 12.9. The topological polar surface area (TPSA) is 133 Å². The Hall–Kier alpha value is -2.71. The van der Waals surface area contributed by atoms with E-state index in [0.29, 0.717) is 36.6 Å². The van der Waals surface area contributed by atoms with Crippen molar-refractivity contribution < 1.29 is 41.0 Å². The number of aliphatic hydroxyl groups is 1. The van der Waals surface area contributed by atoms with Gasteiger partial charge < -0.3 is 19.9 Å². The molecule has 2 aromatic heterocycles. The third kappa shape index (κ3) is 7.90.